The lowest BCUT2D eigenvalue weighted by molar-refractivity contribution is -0.0230. The number of rotatable bonds is 8. The molecule has 0 amide bonds. The van der Waals surface area contributed by atoms with Gasteiger partial charge in [-0.2, -0.15) is 0 Å². The van der Waals surface area contributed by atoms with E-state index in [4.69, 9.17) is 19.0 Å². The molecule has 1 atom stereocenters. The number of hydrogen-bond acceptors (Lipinski definition) is 5. The summed E-state index contributed by atoms with van der Waals surface area (Å²) in [5.41, 5.74) is 5.94. The Morgan fingerprint density at radius 1 is 1.27 bits per heavy atom. The van der Waals surface area contributed by atoms with Gasteiger partial charge in [-0.05, 0) is 13.5 Å². The lowest BCUT2D eigenvalue weighted by atomic mass is 10.5. The van der Waals surface area contributed by atoms with Gasteiger partial charge in [-0.15, -0.1) is 0 Å². The van der Waals surface area contributed by atoms with Crippen LogP contribution in [0.5, 0.6) is 0 Å². The van der Waals surface area contributed by atoms with Crippen LogP contribution < -0.4 is 11.1 Å². The molecule has 92 valence electrons. The van der Waals surface area contributed by atoms with E-state index in [0.29, 0.717) is 0 Å². The molecular formula is C9H24N2O3Si. The standard InChI is InChI=1S/C9H24N2O3Si/c1-6-8-15(12-4,13-5)14-9(3,10)11-7-2/h11H,6-8,10H2,1-5H3. The highest BCUT2D eigenvalue weighted by Gasteiger charge is 2.43. The van der Waals surface area contributed by atoms with Crippen LogP contribution in [0.1, 0.15) is 27.2 Å². The fourth-order valence-electron chi connectivity index (χ4n) is 1.44. The van der Waals surface area contributed by atoms with Crippen molar-refractivity contribution < 1.29 is 13.3 Å². The van der Waals surface area contributed by atoms with Gasteiger partial charge in [0.15, 0.2) is 5.85 Å². The highest BCUT2D eigenvalue weighted by Crippen LogP contribution is 2.19. The molecule has 0 fully saturated rings. The molecule has 0 radical (unpaired) electrons. The summed E-state index contributed by atoms with van der Waals surface area (Å²) in [5, 5.41) is 3.03. The van der Waals surface area contributed by atoms with Gasteiger partial charge in [-0.3, -0.25) is 11.1 Å². The molecule has 5 nitrogen and oxygen atoms in total. The topological polar surface area (TPSA) is 65.7 Å². The van der Waals surface area contributed by atoms with Crippen molar-refractivity contribution in [1.82, 2.24) is 5.32 Å². The van der Waals surface area contributed by atoms with Crippen molar-refractivity contribution in [2.24, 2.45) is 5.73 Å². The first-order chi connectivity index (χ1) is 6.95. The number of nitrogens with one attached hydrogen (secondary N) is 1. The summed E-state index contributed by atoms with van der Waals surface area (Å²) in [4.78, 5) is 0. The third-order valence-corrected chi connectivity index (χ3v) is 5.16. The van der Waals surface area contributed by atoms with Crippen LogP contribution in [0.3, 0.4) is 0 Å². The zero-order valence-corrected chi connectivity index (χ0v) is 11.4. The predicted molar refractivity (Wildman–Crippen MR) is 62.2 cm³/mol. The molecule has 1 unspecified atom stereocenters. The molecule has 15 heavy (non-hydrogen) atoms. The van der Waals surface area contributed by atoms with Gasteiger partial charge in [0.05, 0.1) is 0 Å². The zero-order chi connectivity index (χ0) is 11.9. The van der Waals surface area contributed by atoms with E-state index >= 15 is 0 Å². The molecule has 0 aliphatic carbocycles. The van der Waals surface area contributed by atoms with E-state index in [2.05, 4.69) is 12.2 Å². The molecule has 0 heterocycles. The Labute approximate surface area is 93.6 Å². The molecule has 0 bridgehead atoms. The van der Waals surface area contributed by atoms with Crippen molar-refractivity contribution >= 4 is 8.80 Å². The average molecular weight is 236 g/mol. The summed E-state index contributed by atoms with van der Waals surface area (Å²) in [6.45, 7) is 6.53. The molecule has 0 saturated carbocycles. The van der Waals surface area contributed by atoms with Crippen molar-refractivity contribution in [3.63, 3.8) is 0 Å². The Balaban J connectivity index is 4.50. The lowest BCUT2D eigenvalue weighted by Gasteiger charge is -2.35. The first-order valence-electron chi connectivity index (χ1n) is 5.29. The van der Waals surface area contributed by atoms with Crippen LogP contribution in [0.2, 0.25) is 6.04 Å². The summed E-state index contributed by atoms with van der Waals surface area (Å²) in [6.07, 6.45) is 0.941. The molecule has 0 aromatic heterocycles. The monoisotopic (exact) mass is 236 g/mol. The van der Waals surface area contributed by atoms with Gasteiger partial charge in [0.2, 0.25) is 0 Å². The fourth-order valence-corrected chi connectivity index (χ4v) is 3.61. The Kier molecular flexibility index (Phi) is 6.57. The van der Waals surface area contributed by atoms with Crippen molar-refractivity contribution in [2.45, 2.75) is 39.1 Å². The van der Waals surface area contributed by atoms with Gasteiger partial charge in [0.25, 0.3) is 0 Å². The molecule has 0 aromatic carbocycles. The van der Waals surface area contributed by atoms with Crippen molar-refractivity contribution in [3.05, 3.63) is 0 Å². The van der Waals surface area contributed by atoms with E-state index in [-0.39, 0.29) is 0 Å². The molecule has 0 aromatic rings. The van der Waals surface area contributed by atoms with Crippen LogP contribution in [0.25, 0.3) is 0 Å². The largest absolute Gasteiger partial charge is 0.502 e. The van der Waals surface area contributed by atoms with Crippen molar-refractivity contribution in [2.75, 3.05) is 20.8 Å². The third-order valence-electron chi connectivity index (χ3n) is 2.07. The van der Waals surface area contributed by atoms with Crippen LogP contribution in [0.4, 0.5) is 0 Å². The Hall–Kier alpha value is 0.0169. The Morgan fingerprint density at radius 2 is 1.80 bits per heavy atom. The normalized spacial score (nSPS) is 16.4. The van der Waals surface area contributed by atoms with Crippen LogP contribution in [0, 0.1) is 0 Å². The molecule has 6 heteroatoms. The molecule has 0 aliphatic heterocycles. The summed E-state index contributed by atoms with van der Waals surface area (Å²) >= 11 is 0. The van der Waals surface area contributed by atoms with Gasteiger partial charge < -0.3 is 13.3 Å². The van der Waals surface area contributed by atoms with Crippen molar-refractivity contribution in [1.29, 1.82) is 0 Å². The van der Waals surface area contributed by atoms with Gasteiger partial charge >= 0.3 is 8.80 Å². The first-order valence-corrected chi connectivity index (χ1v) is 7.22. The summed E-state index contributed by atoms with van der Waals surface area (Å²) in [5.74, 6) is -0.901. The second-order valence-electron chi connectivity index (χ2n) is 3.58. The van der Waals surface area contributed by atoms with Crippen LogP contribution in [0.15, 0.2) is 0 Å². The molecule has 0 spiro atoms. The maximum Gasteiger partial charge on any atom is 0.502 e. The van der Waals surface area contributed by atoms with Crippen LogP contribution in [-0.4, -0.2) is 35.4 Å². The van der Waals surface area contributed by atoms with Gasteiger partial charge in [-0.1, -0.05) is 20.3 Å². The second kappa shape index (κ2) is 6.57. The minimum Gasteiger partial charge on any atom is -0.377 e. The highest BCUT2D eigenvalue weighted by atomic mass is 28.4. The average Bonchev–Trinajstić information content (AvgIpc) is 2.16. The minimum atomic E-state index is -2.60. The maximum absolute atomic E-state index is 5.94. The predicted octanol–water partition coefficient (Wildman–Crippen LogP) is 0.887. The van der Waals surface area contributed by atoms with Gasteiger partial charge in [-0.25, -0.2) is 0 Å². The Morgan fingerprint density at radius 3 is 2.13 bits per heavy atom. The molecule has 3 N–H and O–H groups in total. The summed E-state index contributed by atoms with van der Waals surface area (Å²) in [7, 11) is 0.606. The van der Waals surface area contributed by atoms with Crippen LogP contribution in [-0.2, 0) is 13.3 Å². The summed E-state index contributed by atoms with van der Waals surface area (Å²) < 4.78 is 16.5. The van der Waals surface area contributed by atoms with E-state index in [1.54, 1.807) is 21.1 Å². The van der Waals surface area contributed by atoms with Crippen LogP contribution >= 0.6 is 0 Å². The number of nitrogens with two attached hydrogens (primary N) is 1. The first kappa shape index (κ1) is 15.0. The van der Waals surface area contributed by atoms with Gasteiger partial charge in [0, 0.05) is 20.3 Å². The zero-order valence-electron chi connectivity index (χ0n) is 10.4. The molecular weight excluding hydrogens is 212 g/mol. The summed E-state index contributed by atoms with van der Waals surface area (Å²) in [6, 6.07) is 0.762. The fraction of sp³-hybridized carbons (Fsp3) is 1.00. The van der Waals surface area contributed by atoms with Crippen molar-refractivity contribution in [3.8, 4) is 0 Å². The smallest absolute Gasteiger partial charge is 0.377 e. The lowest BCUT2D eigenvalue weighted by Crippen LogP contribution is -2.61. The van der Waals surface area contributed by atoms with E-state index < -0.39 is 14.7 Å². The molecule has 0 aliphatic rings. The third kappa shape index (κ3) is 5.05. The maximum atomic E-state index is 5.94. The second-order valence-corrected chi connectivity index (χ2v) is 6.47. The molecule has 0 saturated heterocycles. The SMILES string of the molecule is CCC[Si](OC)(OC)OC(C)(N)NCC. The number of hydrogen-bond donors (Lipinski definition) is 2. The van der Waals surface area contributed by atoms with E-state index in [9.17, 15) is 0 Å². The highest BCUT2D eigenvalue weighted by molar-refractivity contribution is 6.60. The van der Waals surface area contributed by atoms with E-state index in [1.807, 2.05) is 6.92 Å². The van der Waals surface area contributed by atoms with E-state index in [1.165, 1.54) is 0 Å². The quantitative estimate of drug-likeness (QED) is 0.484. The minimum absolute atomic E-state index is 0.733. The van der Waals surface area contributed by atoms with Gasteiger partial charge in [0.1, 0.15) is 0 Å². The van der Waals surface area contributed by atoms with E-state index in [0.717, 1.165) is 19.0 Å². The Bertz CT molecular complexity index is 175. The molecule has 0 rings (SSSR count).